The Bertz CT molecular complexity index is 735. The van der Waals surface area contributed by atoms with Gasteiger partial charge in [-0.3, -0.25) is 4.98 Å². The first kappa shape index (κ1) is 24.2. The van der Waals surface area contributed by atoms with E-state index in [-0.39, 0.29) is 24.0 Å². The molecule has 0 spiro atoms. The van der Waals surface area contributed by atoms with Crippen LogP contribution in [0.25, 0.3) is 0 Å². The number of rotatable bonds is 8. The lowest BCUT2D eigenvalue weighted by atomic mass is 9.89. The van der Waals surface area contributed by atoms with Crippen molar-refractivity contribution in [2.75, 3.05) is 20.2 Å². The molecule has 1 aromatic carbocycles. The maximum atomic E-state index is 5.49. The summed E-state index contributed by atoms with van der Waals surface area (Å²) in [6.07, 6.45) is 3.77. The number of halogens is 1. The highest BCUT2D eigenvalue weighted by atomic mass is 127. The fourth-order valence-electron chi connectivity index (χ4n) is 3.03. The van der Waals surface area contributed by atoms with E-state index in [1.807, 2.05) is 24.5 Å². The number of ether oxygens (including phenoxy) is 1. The van der Waals surface area contributed by atoms with Crippen LogP contribution in [-0.4, -0.2) is 31.1 Å². The largest absolute Gasteiger partial charge is 0.496 e. The van der Waals surface area contributed by atoms with Gasteiger partial charge in [0.1, 0.15) is 5.75 Å². The van der Waals surface area contributed by atoms with E-state index in [0.717, 1.165) is 30.4 Å². The van der Waals surface area contributed by atoms with Crippen LogP contribution in [0, 0.1) is 12.8 Å². The lowest BCUT2D eigenvalue weighted by molar-refractivity contribution is 0.409. The van der Waals surface area contributed by atoms with E-state index in [1.165, 1.54) is 11.1 Å². The molecule has 0 fully saturated rings. The second kappa shape index (κ2) is 12.6. The lowest BCUT2D eigenvalue weighted by Gasteiger charge is -2.23. The first-order valence-electron chi connectivity index (χ1n) is 9.60. The summed E-state index contributed by atoms with van der Waals surface area (Å²) in [5.41, 5.74) is 3.50. The summed E-state index contributed by atoms with van der Waals surface area (Å²) < 4.78 is 5.49. The van der Waals surface area contributed by atoms with Crippen LogP contribution in [0.1, 0.15) is 43.4 Å². The highest BCUT2D eigenvalue weighted by Gasteiger charge is 2.16. The molecule has 2 rings (SSSR count). The number of aliphatic imine (C=N–C) groups is 1. The number of aryl methyl sites for hydroxylation is 1. The average Bonchev–Trinajstić information content (AvgIpc) is 2.67. The third-order valence-electron chi connectivity index (χ3n) is 4.60. The molecule has 0 aliphatic heterocycles. The Hall–Kier alpha value is -1.83. The van der Waals surface area contributed by atoms with Gasteiger partial charge in [0.15, 0.2) is 5.96 Å². The van der Waals surface area contributed by atoms with Crippen molar-refractivity contribution >= 4 is 29.9 Å². The zero-order chi connectivity index (χ0) is 19.6. The topological polar surface area (TPSA) is 58.5 Å². The molecule has 0 aliphatic carbocycles. The summed E-state index contributed by atoms with van der Waals surface area (Å²) >= 11 is 0. The molecule has 2 aromatic rings. The van der Waals surface area contributed by atoms with E-state index >= 15 is 0 Å². The first-order valence-corrected chi connectivity index (χ1v) is 9.60. The lowest BCUT2D eigenvalue weighted by Crippen LogP contribution is -2.40. The molecular weight excluding hydrogens is 463 g/mol. The zero-order valence-corrected chi connectivity index (χ0v) is 19.9. The van der Waals surface area contributed by atoms with Crippen LogP contribution in [0.2, 0.25) is 0 Å². The van der Waals surface area contributed by atoms with E-state index in [9.17, 15) is 0 Å². The smallest absolute Gasteiger partial charge is 0.191 e. The number of nitrogens with zero attached hydrogens (tertiary/aromatic N) is 2. The molecule has 1 aromatic heterocycles. The van der Waals surface area contributed by atoms with Gasteiger partial charge in [-0.15, -0.1) is 24.0 Å². The second-order valence-electron chi connectivity index (χ2n) is 7.03. The van der Waals surface area contributed by atoms with Gasteiger partial charge in [-0.2, -0.15) is 0 Å². The minimum atomic E-state index is 0. The molecule has 6 heteroatoms. The Morgan fingerprint density at radius 2 is 2.00 bits per heavy atom. The van der Waals surface area contributed by atoms with Gasteiger partial charge >= 0.3 is 0 Å². The van der Waals surface area contributed by atoms with Crippen LogP contribution in [0.15, 0.2) is 47.7 Å². The van der Waals surface area contributed by atoms with Gasteiger partial charge in [0, 0.05) is 37.0 Å². The molecule has 154 valence electrons. The molecule has 0 radical (unpaired) electrons. The van der Waals surface area contributed by atoms with Gasteiger partial charge in [-0.25, -0.2) is 4.99 Å². The van der Waals surface area contributed by atoms with Crippen molar-refractivity contribution in [1.82, 2.24) is 15.6 Å². The molecule has 0 saturated carbocycles. The standard InChI is InChI=1S/C22H32N4O.HI/c1-6-24-22(25-14-19-10-9-17(4)12-21(19)27-5)26-15-20(16(2)3)18-8-7-11-23-13-18;/h7-13,16,20H,6,14-15H2,1-5H3,(H2,24,25,26);1H. The molecule has 1 atom stereocenters. The number of nitrogens with one attached hydrogen (secondary N) is 2. The summed E-state index contributed by atoms with van der Waals surface area (Å²) in [7, 11) is 1.70. The van der Waals surface area contributed by atoms with Crippen LogP contribution in [-0.2, 0) is 6.54 Å². The van der Waals surface area contributed by atoms with Crippen molar-refractivity contribution in [3.63, 3.8) is 0 Å². The molecular formula is C22H33IN4O. The van der Waals surface area contributed by atoms with E-state index in [0.29, 0.717) is 18.4 Å². The normalized spacial score (nSPS) is 12.3. The third kappa shape index (κ3) is 7.30. The van der Waals surface area contributed by atoms with E-state index in [1.54, 1.807) is 7.11 Å². The minimum absolute atomic E-state index is 0. The SMILES string of the molecule is CCNC(=NCc1ccc(C)cc1OC)NCC(c1cccnc1)C(C)C.I. The number of pyridine rings is 1. The van der Waals surface area contributed by atoms with Gasteiger partial charge in [-0.1, -0.05) is 32.0 Å². The van der Waals surface area contributed by atoms with Crippen molar-refractivity contribution < 1.29 is 4.74 Å². The van der Waals surface area contributed by atoms with Crippen molar-refractivity contribution in [3.8, 4) is 5.75 Å². The second-order valence-corrected chi connectivity index (χ2v) is 7.03. The molecule has 5 nitrogen and oxygen atoms in total. The van der Waals surface area contributed by atoms with Crippen LogP contribution >= 0.6 is 24.0 Å². The van der Waals surface area contributed by atoms with Crippen LogP contribution in [0.5, 0.6) is 5.75 Å². The number of aromatic nitrogens is 1. The predicted molar refractivity (Wildman–Crippen MR) is 128 cm³/mol. The molecule has 28 heavy (non-hydrogen) atoms. The fourth-order valence-corrected chi connectivity index (χ4v) is 3.03. The van der Waals surface area contributed by atoms with Crippen molar-refractivity contribution in [3.05, 3.63) is 59.4 Å². The summed E-state index contributed by atoms with van der Waals surface area (Å²) in [4.78, 5) is 9.01. The highest BCUT2D eigenvalue weighted by Crippen LogP contribution is 2.23. The van der Waals surface area contributed by atoms with Crippen LogP contribution < -0.4 is 15.4 Å². The molecule has 1 heterocycles. The van der Waals surface area contributed by atoms with Gasteiger partial charge in [0.2, 0.25) is 0 Å². The quantitative estimate of drug-likeness (QED) is 0.321. The molecule has 0 saturated heterocycles. The number of guanidine groups is 1. The summed E-state index contributed by atoms with van der Waals surface area (Å²) in [6, 6.07) is 10.3. The average molecular weight is 496 g/mol. The monoisotopic (exact) mass is 496 g/mol. The number of hydrogen-bond acceptors (Lipinski definition) is 3. The van der Waals surface area contributed by atoms with Crippen molar-refractivity contribution in [1.29, 1.82) is 0 Å². The Balaban J connectivity index is 0.00000392. The Morgan fingerprint density at radius 1 is 1.21 bits per heavy atom. The van der Waals surface area contributed by atoms with Crippen LogP contribution in [0.3, 0.4) is 0 Å². The van der Waals surface area contributed by atoms with Gasteiger partial charge < -0.3 is 15.4 Å². The van der Waals surface area contributed by atoms with E-state index in [2.05, 4.69) is 61.5 Å². The zero-order valence-electron chi connectivity index (χ0n) is 17.5. The Kier molecular flexibility index (Phi) is 10.9. The molecule has 0 bridgehead atoms. The Labute approximate surface area is 186 Å². The number of methoxy groups -OCH3 is 1. The maximum absolute atomic E-state index is 5.49. The molecule has 0 aliphatic rings. The van der Waals surface area contributed by atoms with E-state index in [4.69, 9.17) is 9.73 Å². The fraction of sp³-hybridized carbons (Fsp3) is 0.455. The summed E-state index contributed by atoms with van der Waals surface area (Å²) in [6.45, 7) is 10.8. The minimum Gasteiger partial charge on any atom is -0.496 e. The molecule has 1 unspecified atom stereocenters. The summed E-state index contributed by atoms with van der Waals surface area (Å²) in [5.74, 6) is 2.57. The van der Waals surface area contributed by atoms with Gasteiger partial charge in [0.25, 0.3) is 0 Å². The number of hydrogen-bond donors (Lipinski definition) is 2. The summed E-state index contributed by atoms with van der Waals surface area (Å²) in [5, 5.41) is 6.82. The van der Waals surface area contributed by atoms with Gasteiger partial charge in [-0.05, 0) is 43.0 Å². The molecule has 2 N–H and O–H groups in total. The van der Waals surface area contributed by atoms with Crippen molar-refractivity contribution in [2.45, 2.75) is 40.2 Å². The van der Waals surface area contributed by atoms with E-state index < -0.39 is 0 Å². The van der Waals surface area contributed by atoms with Crippen molar-refractivity contribution in [2.24, 2.45) is 10.9 Å². The number of benzene rings is 1. The third-order valence-corrected chi connectivity index (χ3v) is 4.60. The van der Waals surface area contributed by atoms with Gasteiger partial charge in [0.05, 0.1) is 13.7 Å². The Morgan fingerprint density at radius 3 is 2.61 bits per heavy atom. The predicted octanol–water partition coefficient (Wildman–Crippen LogP) is 4.51. The maximum Gasteiger partial charge on any atom is 0.191 e. The first-order chi connectivity index (χ1) is 13.0. The highest BCUT2D eigenvalue weighted by molar-refractivity contribution is 14.0. The van der Waals surface area contributed by atoms with Crippen LogP contribution in [0.4, 0.5) is 0 Å². The molecule has 0 amide bonds.